The van der Waals surface area contributed by atoms with Crippen LogP contribution in [0.2, 0.25) is 0 Å². The van der Waals surface area contributed by atoms with E-state index in [1.165, 1.54) is 19.3 Å². The SMILES string of the molecule is CCOc1cc(C(=O)NC2CCC(C(C)(C)CC)CC2)cc(OCC)c1OCC. The number of benzene rings is 1. The molecule has 0 unspecified atom stereocenters. The lowest BCUT2D eigenvalue weighted by Gasteiger charge is -2.39. The second-order valence-corrected chi connectivity index (χ2v) is 8.46. The Hall–Kier alpha value is -1.91. The van der Waals surface area contributed by atoms with Crippen LogP contribution in [-0.2, 0) is 0 Å². The van der Waals surface area contributed by atoms with Crippen molar-refractivity contribution < 1.29 is 19.0 Å². The molecule has 1 aliphatic rings. The van der Waals surface area contributed by atoms with Gasteiger partial charge in [-0.1, -0.05) is 27.2 Å². The lowest BCUT2D eigenvalue weighted by molar-refractivity contribution is 0.0892. The van der Waals surface area contributed by atoms with Crippen molar-refractivity contribution in [2.75, 3.05) is 19.8 Å². The van der Waals surface area contributed by atoms with Crippen LogP contribution in [0, 0.1) is 11.3 Å². The van der Waals surface area contributed by atoms with E-state index in [1.807, 2.05) is 20.8 Å². The van der Waals surface area contributed by atoms with Gasteiger partial charge in [-0.2, -0.15) is 0 Å². The van der Waals surface area contributed by atoms with E-state index < -0.39 is 0 Å². The van der Waals surface area contributed by atoms with Crippen molar-refractivity contribution in [2.45, 2.75) is 79.7 Å². The van der Waals surface area contributed by atoms with Crippen molar-refractivity contribution >= 4 is 5.91 Å². The molecule has 1 amide bonds. The van der Waals surface area contributed by atoms with Crippen LogP contribution in [0.25, 0.3) is 0 Å². The van der Waals surface area contributed by atoms with Crippen molar-refractivity contribution in [1.82, 2.24) is 5.32 Å². The molecular weight excluding hydrogens is 366 g/mol. The van der Waals surface area contributed by atoms with Gasteiger partial charge in [0.2, 0.25) is 5.75 Å². The van der Waals surface area contributed by atoms with Gasteiger partial charge < -0.3 is 19.5 Å². The summed E-state index contributed by atoms with van der Waals surface area (Å²) in [5.41, 5.74) is 0.930. The number of carbonyl (C=O) groups excluding carboxylic acids is 1. The summed E-state index contributed by atoms with van der Waals surface area (Å²) >= 11 is 0. The summed E-state index contributed by atoms with van der Waals surface area (Å²) in [6.45, 7) is 14.2. The van der Waals surface area contributed by atoms with Gasteiger partial charge in [0.15, 0.2) is 11.5 Å². The van der Waals surface area contributed by atoms with E-state index in [2.05, 4.69) is 26.1 Å². The van der Waals surface area contributed by atoms with Crippen LogP contribution in [-0.4, -0.2) is 31.8 Å². The van der Waals surface area contributed by atoms with Crippen molar-refractivity contribution in [1.29, 1.82) is 0 Å². The quantitative estimate of drug-likeness (QED) is 0.550. The van der Waals surface area contributed by atoms with Crippen molar-refractivity contribution in [2.24, 2.45) is 11.3 Å². The second-order valence-electron chi connectivity index (χ2n) is 8.46. The Bertz CT molecular complexity index is 636. The molecule has 0 aromatic heterocycles. The summed E-state index contributed by atoms with van der Waals surface area (Å²) in [4.78, 5) is 13.0. The summed E-state index contributed by atoms with van der Waals surface area (Å²) in [7, 11) is 0. The van der Waals surface area contributed by atoms with Crippen LogP contribution in [0.4, 0.5) is 0 Å². The van der Waals surface area contributed by atoms with Gasteiger partial charge in [-0.3, -0.25) is 4.79 Å². The van der Waals surface area contributed by atoms with E-state index in [0.29, 0.717) is 48.0 Å². The second kappa shape index (κ2) is 10.7. The van der Waals surface area contributed by atoms with Crippen LogP contribution in [0.5, 0.6) is 17.2 Å². The smallest absolute Gasteiger partial charge is 0.251 e. The molecule has 1 N–H and O–H groups in total. The lowest BCUT2D eigenvalue weighted by Crippen LogP contribution is -2.39. The molecule has 5 heteroatoms. The molecule has 29 heavy (non-hydrogen) atoms. The van der Waals surface area contributed by atoms with E-state index in [9.17, 15) is 4.79 Å². The molecule has 1 fully saturated rings. The number of amides is 1. The molecular formula is C24H39NO4. The molecule has 2 rings (SSSR count). The summed E-state index contributed by atoms with van der Waals surface area (Å²) in [6.07, 6.45) is 5.61. The maximum Gasteiger partial charge on any atom is 0.251 e. The molecule has 0 atom stereocenters. The summed E-state index contributed by atoms with van der Waals surface area (Å²) < 4.78 is 17.2. The van der Waals surface area contributed by atoms with Crippen LogP contribution in [0.1, 0.15) is 84.0 Å². The number of hydrogen-bond donors (Lipinski definition) is 1. The fourth-order valence-corrected chi connectivity index (χ4v) is 4.10. The van der Waals surface area contributed by atoms with Crippen LogP contribution in [0.15, 0.2) is 12.1 Å². The Balaban J connectivity index is 2.12. The van der Waals surface area contributed by atoms with Gasteiger partial charge in [0.25, 0.3) is 5.91 Å². The minimum atomic E-state index is -0.0758. The third-order valence-electron chi connectivity index (χ3n) is 6.25. The molecule has 1 aromatic rings. The zero-order valence-corrected chi connectivity index (χ0v) is 19.1. The van der Waals surface area contributed by atoms with E-state index in [-0.39, 0.29) is 11.9 Å². The zero-order valence-electron chi connectivity index (χ0n) is 19.1. The predicted molar refractivity (Wildman–Crippen MR) is 117 cm³/mol. The summed E-state index contributed by atoms with van der Waals surface area (Å²) in [5, 5.41) is 3.22. The number of nitrogens with one attached hydrogen (secondary N) is 1. The molecule has 1 saturated carbocycles. The van der Waals surface area contributed by atoms with E-state index in [4.69, 9.17) is 14.2 Å². The fourth-order valence-electron chi connectivity index (χ4n) is 4.10. The largest absolute Gasteiger partial charge is 0.490 e. The maximum atomic E-state index is 13.0. The Morgan fingerprint density at radius 3 is 1.90 bits per heavy atom. The topological polar surface area (TPSA) is 56.8 Å². The minimum absolute atomic E-state index is 0.0758. The van der Waals surface area contributed by atoms with E-state index >= 15 is 0 Å². The third-order valence-corrected chi connectivity index (χ3v) is 6.25. The van der Waals surface area contributed by atoms with Gasteiger partial charge in [-0.05, 0) is 69.9 Å². The Labute approximate surface area is 176 Å². The van der Waals surface area contributed by atoms with Gasteiger partial charge in [0.05, 0.1) is 19.8 Å². The lowest BCUT2D eigenvalue weighted by atomic mass is 9.69. The minimum Gasteiger partial charge on any atom is -0.490 e. The van der Waals surface area contributed by atoms with Crippen LogP contribution < -0.4 is 19.5 Å². The zero-order chi connectivity index (χ0) is 21.4. The predicted octanol–water partition coefficient (Wildman–Crippen LogP) is 5.61. The summed E-state index contributed by atoms with van der Waals surface area (Å²) in [6, 6.07) is 3.75. The molecule has 0 saturated heterocycles. The number of rotatable bonds is 10. The number of ether oxygens (including phenoxy) is 3. The first-order chi connectivity index (χ1) is 13.9. The standard InChI is InChI=1S/C24H39NO4/c1-7-24(5,6)18-11-13-19(14-12-18)25-23(26)17-15-20(27-8-2)22(29-10-4)21(16-17)28-9-3/h15-16,18-19H,7-14H2,1-6H3,(H,25,26). The first-order valence-electron chi connectivity index (χ1n) is 11.2. The molecule has 164 valence electrons. The highest BCUT2D eigenvalue weighted by Gasteiger charge is 2.32. The highest BCUT2D eigenvalue weighted by Crippen LogP contribution is 2.41. The Morgan fingerprint density at radius 1 is 0.931 bits per heavy atom. The Morgan fingerprint density at radius 2 is 1.45 bits per heavy atom. The van der Waals surface area contributed by atoms with Crippen LogP contribution >= 0.6 is 0 Å². The molecule has 1 aliphatic carbocycles. The van der Waals surface area contributed by atoms with Gasteiger partial charge in [-0.15, -0.1) is 0 Å². The maximum absolute atomic E-state index is 13.0. The molecule has 0 heterocycles. The highest BCUT2D eigenvalue weighted by atomic mass is 16.5. The first kappa shape index (κ1) is 23.4. The number of carbonyl (C=O) groups is 1. The van der Waals surface area contributed by atoms with Gasteiger partial charge in [0.1, 0.15) is 0 Å². The monoisotopic (exact) mass is 405 g/mol. The molecule has 5 nitrogen and oxygen atoms in total. The van der Waals surface area contributed by atoms with E-state index in [1.54, 1.807) is 12.1 Å². The van der Waals surface area contributed by atoms with Crippen molar-refractivity contribution in [3.63, 3.8) is 0 Å². The summed E-state index contributed by atoms with van der Waals surface area (Å²) in [5.74, 6) is 2.33. The normalized spacial score (nSPS) is 19.5. The third kappa shape index (κ3) is 6.03. The number of hydrogen-bond acceptors (Lipinski definition) is 4. The average Bonchev–Trinajstić information content (AvgIpc) is 2.71. The van der Waals surface area contributed by atoms with Crippen molar-refractivity contribution in [3.05, 3.63) is 17.7 Å². The molecule has 0 aliphatic heterocycles. The van der Waals surface area contributed by atoms with Gasteiger partial charge in [0, 0.05) is 11.6 Å². The van der Waals surface area contributed by atoms with Crippen molar-refractivity contribution in [3.8, 4) is 17.2 Å². The Kier molecular flexibility index (Phi) is 8.66. The first-order valence-corrected chi connectivity index (χ1v) is 11.2. The molecule has 1 aromatic carbocycles. The molecule has 0 radical (unpaired) electrons. The van der Waals surface area contributed by atoms with Gasteiger partial charge in [-0.25, -0.2) is 0 Å². The van der Waals surface area contributed by atoms with Crippen LogP contribution in [0.3, 0.4) is 0 Å². The highest BCUT2D eigenvalue weighted by molar-refractivity contribution is 5.95. The van der Waals surface area contributed by atoms with Gasteiger partial charge >= 0.3 is 0 Å². The molecule has 0 spiro atoms. The molecule has 0 bridgehead atoms. The average molecular weight is 406 g/mol. The van der Waals surface area contributed by atoms with E-state index in [0.717, 1.165) is 18.8 Å². The fraction of sp³-hybridized carbons (Fsp3) is 0.708.